The van der Waals surface area contributed by atoms with Crippen LogP contribution in [-0.2, 0) is 14.3 Å². The zero-order valence-corrected chi connectivity index (χ0v) is 16.9. The number of hydrogen-bond acceptors (Lipinski definition) is 5. The minimum absolute atomic E-state index is 0.0858. The highest BCUT2D eigenvalue weighted by Crippen LogP contribution is 2.29. The van der Waals surface area contributed by atoms with Crippen LogP contribution >= 0.6 is 0 Å². The average molecular weight is 384 g/mol. The van der Waals surface area contributed by atoms with E-state index in [0.717, 1.165) is 12.8 Å². The van der Waals surface area contributed by atoms with Crippen molar-refractivity contribution in [1.82, 2.24) is 5.32 Å². The van der Waals surface area contributed by atoms with E-state index in [9.17, 15) is 14.9 Å². The Morgan fingerprint density at radius 2 is 1.93 bits per heavy atom. The third kappa shape index (κ3) is 5.59. The number of carbonyl (C=O) groups is 2. The molecule has 1 aromatic rings. The van der Waals surface area contributed by atoms with Crippen LogP contribution in [0.4, 0.5) is 0 Å². The van der Waals surface area contributed by atoms with Gasteiger partial charge in [-0.15, -0.1) is 0 Å². The first-order valence-electron chi connectivity index (χ1n) is 9.63. The van der Waals surface area contributed by atoms with Crippen LogP contribution in [0.3, 0.4) is 0 Å². The molecule has 6 heteroatoms. The normalized spacial score (nSPS) is 23.2. The number of esters is 1. The van der Waals surface area contributed by atoms with Crippen LogP contribution < -0.4 is 10.1 Å². The second-order valence-corrected chi connectivity index (χ2v) is 7.37. The zero-order valence-electron chi connectivity index (χ0n) is 16.9. The zero-order chi connectivity index (χ0) is 20.7. The molecule has 6 nitrogen and oxygen atoms in total. The lowest BCUT2D eigenvalue weighted by atomic mass is 9.78. The molecule has 4 atom stereocenters. The number of methoxy groups -OCH3 is 1. The summed E-state index contributed by atoms with van der Waals surface area (Å²) in [6.07, 6.45) is 3.63. The maximum atomic E-state index is 12.4. The maximum absolute atomic E-state index is 12.4. The van der Waals surface area contributed by atoms with Crippen molar-refractivity contribution < 1.29 is 19.1 Å². The predicted octanol–water partition coefficient (Wildman–Crippen LogP) is 3.47. The fourth-order valence-corrected chi connectivity index (χ4v) is 3.37. The van der Waals surface area contributed by atoms with E-state index in [1.165, 1.54) is 19.4 Å². The van der Waals surface area contributed by atoms with E-state index in [1.807, 2.05) is 6.07 Å². The maximum Gasteiger partial charge on any atom is 0.349 e. The smallest absolute Gasteiger partial charge is 0.349 e. The molecule has 2 rings (SSSR count). The number of carbonyl (C=O) groups excluding carboxylic acids is 2. The van der Waals surface area contributed by atoms with Gasteiger partial charge in [0.1, 0.15) is 17.4 Å². The summed E-state index contributed by atoms with van der Waals surface area (Å²) in [5.41, 5.74) is 0.501. The molecule has 150 valence electrons. The van der Waals surface area contributed by atoms with Crippen LogP contribution in [0.1, 0.15) is 45.6 Å². The highest BCUT2D eigenvalue weighted by molar-refractivity contribution is 5.99. The van der Waals surface area contributed by atoms with Crippen LogP contribution in [-0.4, -0.2) is 31.1 Å². The molecule has 0 saturated heterocycles. The Hall–Kier alpha value is -2.81. The summed E-state index contributed by atoms with van der Waals surface area (Å²) in [6.45, 7) is 5.85. The van der Waals surface area contributed by atoms with E-state index >= 15 is 0 Å². The van der Waals surface area contributed by atoms with Gasteiger partial charge in [-0.25, -0.2) is 4.79 Å². The number of nitriles is 1. The quantitative estimate of drug-likeness (QED) is 0.461. The van der Waals surface area contributed by atoms with Gasteiger partial charge in [0.25, 0.3) is 5.91 Å². The SMILES string of the molecule is COc1ccc(/C=C(\C#N)C(=O)O[C@H](C)C(=O)N[C@@H]2CCC[C@@H](C)[C@H]2C)cc1. The predicted molar refractivity (Wildman–Crippen MR) is 106 cm³/mol. The molecule has 0 heterocycles. The Morgan fingerprint density at radius 3 is 2.54 bits per heavy atom. The highest BCUT2D eigenvalue weighted by Gasteiger charge is 2.30. The molecule has 1 saturated carbocycles. The molecular formula is C22H28N2O4. The van der Waals surface area contributed by atoms with Crippen molar-refractivity contribution in [2.75, 3.05) is 7.11 Å². The molecule has 0 bridgehead atoms. The van der Waals surface area contributed by atoms with Crippen LogP contribution in [0.2, 0.25) is 0 Å². The molecule has 0 spiro atoms. The fourth-order valence-electron chi connectivity index (χ4n) is 3.37. The summed E-state index contributed by atoms with van der Waals surface area (Å²) in [7, 11) is 1.56. The lowest BCUT2D eigenvalue weighted by Crippen LogP contribution is -2.47. The Labute approximate surface area is 166 Å². The molecule has 1 aliphatic carbocycles. The van der Waals surface area contributed by atoms with Gasteiger partial charge < -0.3 is 14.8 Å². The summed E-state index contributed by atoms with van der Waals surface area (Å²) in [4.78, 5) is 24.7. The fraction of sp³-hybridized carbons (Fsp3) is 0.500. The van der Waals surface area contributed by atoms with Gasteiger partial charge in [0.05, 0.1) is 7.11 Å². The Morgan fingerprint density at radius 1 is 1.25 bits per heavy atom. The molecular weight excluding hydrogens is 356 g/mol. The van der Waals surface area contributed by atoms with E-state index in [2.05, 4.69) is 19.2 Å². The van der Waals surface area contributed by atoms with Crippen molar-refractivity contribution in [3.05, 3.63) is 35.4 Å². The van der Waals surface area contributed by atoms with Gasteiger partial charge in [-0.2, -0.15) is 5.26 Å². The number of benzene rings is 1. The molecule has 1 aromatic carbocycles. The number of amides is 1. The van der Waals surface area contributed by atoms with Crippen LogP contribution in [0.15, 0.2) is 29.8 Å². The van der Waals surface area contributed by atoms with Gasteiger partial charge in [-0.05, 0) is 49.0 Å². The largest absolute Gasteiger partial charge is 0.497 e. The third-order valence-electron chi connectivity index (χ3n) is 5.45. The first kappa shape index (κ1) is 21.5. The van der Waals surface area contributed by atoms with Crippen molar-refractivity contribution in [3.8, 4) is 11.8 Å². The minimum atomic E-state index is -0.968. The van der Waals surface area contributed by atoms with Gasteiger partial charge in [0, 0.05) is 6.04 Å². The standard InChI is InChI=1S/C22H28N2O4/c1-14-6-5-7-20(15(14)2)24-21(25)16(3)28-22(26)18(13-23)12-17-8-10-19(27-4)11-9-17/h8-12,14-16,20H,5-7H2,1-4H3,(H,24,25)/b18-12+/t14-,15-,16-,20-/m1/s1. The number of hydrogen-bond donors (Lipinski definition) is 1. The van der Waals surface area contributed by atoms with Gasteiger partial charge >= 0.3 is 5.97 Å². The topological polar surface area (TPSA) is 88.4 Å². The Kier molecular flexibility index (Phi) is 7.62. The first-order chi connectivity index (χ1) is 13.3. The monoisotopic (exact) mass is 384 g/mol. The Balaban J connectivity index is 1.97. The second kappa shape index (κ2) is 9.93. The molecule has 0 aromatic heterocycles. The second-order valence-electron chi connectivity index (χ2n) is 7.37. The molecule has 1 fully saturated rings. The molecule has 1 amide bonds. The first-order valence-corrected chi connectivity index (χ1v) is 9.63. The van der Waals surface area contributed by atoms with E-state index in [1.54, 1.807) is 31.4 Å². The van der Waals surface area contributed by atoms with Crippen molar-refractivity contribution in [2.24, 2.45) is 11.8 Å². The van der Waals surface area contributed by atoms with Gasteiger partial charge in [0.2, 0.25) is 0 Å². The van der Waals surface area contributed by atoms with Gasteiger partial charge in [-0.1, -0.05) is 38.8 Å². The van der Waals surface area contributed by atoms with E-state index < -0.39 is 12.1 Å². The number of ether oxygens (including phenoxy) is 2. The molecule has 0 radical (unpaired) electrons. The summed E-state index contributed by atoms with van der Waals surface area (Å²) in [5.74, 6) is 0.460. The van der Waals surface area contributed by atoms with Crippen molar-refractivity contribution in [2.45, 2.75) is 52.2 Å². The number of rotatable bonds is 6. The highest BCUT2D eigenvalue weighted by atomic mass is 16.5. The van der Waals surface area contributed by atoms with E-state index in [-0.39, 0.29) is 17.5 Å². The molecule has 1 N–H and O–H groups in total. The van der Waals surface area contributed by atoms with Crippen molar-refractivity contribution >= 4 is 18.0 Å². The minimum Gasteiger partial charge on any atom is -0.497 e. The van der Waals surface area contributed by atoms with Gasteiger partial charge in [0.15, 0.2) is 6.10 Å². The van der Waals surface area contributed by atoms with E-state index in [4.69, 9.17) is 9.47 Å². The van der Waals surface area contributed by atoms with Crippen LogP contribution in [0.5, 0.6) is 5.75 Å². The molecule has 0 aliphatic heterocycles. The summed E-state index contributed by atoms with van der Waals surface area (Å²) in [5, 5.41) is 12.3. The van der Waals surface area contributed by atoms with Crippen LogP contribution in [0.25, 0.3) is 6.08 Å². The molecule has 1 aliphatic rings. The van der Waals surface area contributed by atoms with E-state index in [0.29, 0.717) is 23.1 Å². The molecule has 0 unspecified atom stereocenters. The lowest BCUT2D eigenvalue weighted by molar-refractivity contribution is -0.151. The number of nitrogens with zero attached hydrogens (tertiary/aromatic N) is 1. The average Bonchev–Trinajstić information content (AvgIpc) is 2.69. The Bertz CT molecular complexity index is 764. The number of nitrogens with one attached hydrogen (secondary N) is 1. The summed E-state index contributed by atoms with van der Waals surface area (Å²) < 4.78 is 10.3. The molecule has 28 heavy (non-hydrogen) atoms. The third-order valence-corrected chi connectivity index (χ3v) is 5.45. The van der Waals surface area contributed by atoms with Gasteiger partial charge in [-0.3, -0.25) is 4.79 Å². The van der Waals surface area contributed by atoms with Crippen molar-refractivity contribution in [3.63, 3.8) is 0 Å². The lowest BCUT2D eigenvalue weighted by Gasteiger charge is -2.35. The van der Waals surface area contributed by atoms with Crippen LogP contribution in [0, 0.1) is 23.2 Å². The summed E-state index contributed by atoms with van der Waals surface area (Å²) >= 11 is 0. The summed E-state index contributed by atoms with van der Waals surface area (Å²) in [6, 6.07) is 8.84. The van der Waals surface area contributed by atoms with Crippen molar-refractivity contribution in [1.29, 1.82) is 5.26 Å².